The maximum atomic E-state index is 12.0. The number of alkyl halides is 2. The van der Waals surface area contributed by atoms with Crippen molar-refractivity contribution in [2.75, 3.05) is 20.3 Å². The number of aryl methyl sites for hydroxylation is 2. The smallest absolute Gasteiger partial charge is 0.261 e. The second-order valence-corrected chi connectivity index (χ2v) is 4.74. The van der Waals surface area contributed by atoms with Crippen molar-refractivity contribution in [1.29, 1.82) is 0 Å². The molecular formula is C14H25F2N3O. The molecule has 0 aliphatic carbocycles. The van der Waals surface area contributed by atoms with Crippen LogP contribution in [0.2, 0.25) is 0 Å². The molecule has 1 rings (SSSR count). The largest absolute Gasteiger partial charge is 0.375 e. The van der Waals surface area contributed by atoms with Crippen molar-refractivity contribution in [3.63, 3.8) is 0 Å². The number of halogens is 2. The molecule has 0 saturated carbocycles. The molecule has 116 valence electrons. The SMILES string of the molecule is CCc1cc(CC(CCOCC(F)F)NC)n(CC)n1. The Balaban J connectivity index is 2.48. The van der Waals surface area contributed by atoms with Gasteiger partial charge in [-0.05, 0) is 32.9 Å². The number of nitrogens with zero attached hydrogens (tertiary/aromatic N) is 2. The van der Waals surface area contributed by atoms with E-state index in [1.54, 1.807) is 0 Å². The van der Waals surface area contributed by atoms with E-state index < -0.39 is 13.0 Å². The summed E-state index contributed by atoms with van der Waals surface area (Å²) in [4.78, 5) is 0. The lowest BCUT2D eigenvalue weighted by molar-refractivity contribution is 0.0145. The summed E-state index contributed by atoms with van der Waals surface area (Å²) in [6, 6.07) is 2.33. The monoisotopic (exact) mass is 289 g/mol. The summed E-state index contributed by atoms with van der Waals surface area (Å²) in [6.07, 6.45) is 0.0631. The summed E-state index contributed by atoms with van der Waals surface area (Å²) in [7, 11) is 1.88. The first kappa shape index (κ1) is 17.0. The predicted molar refractivity (Wildman–Crippen MR) is 75.3 cm³/mol. The number of rotatable bonds is 10. The van der Waals surface area contributed by atoms with Gasteiger partial charge in [-0.3, -0.25) is 4.68 Å². The molecule has 1 unspecified atom stereocenters. The topological polar surface area (TPSA) is 39.1 Å². The van der Waals surface area contributed by atoms with Crippen molar-refractivity contribution in [2.45, 2.75) is 52.1 Å². The number of hydrogen-bond acceptors (Lipinski definition) is 3. The molecule has 0 aromatic carbocycles. The molecule has 0 aliphatic rings. The van der Waals surface area contributed by atoms with Crippen LogP contribution in [0.4, 0.5) is 8.78 Å². The maximum absolute atomic E-state index is 12.0. The second-order valence-electron chi connectivity index (χ2n) is 4.74. The van der Waals surface area contributed by atoms with Gasteiger partial charge in [0.15, 0.2) is 0 Å². The van der Waals surface area contributed by atoms with Gasteiger partial charge in [0.1, 0.15) is 6.61 Å². The molecule has 0 fully saturated rings. The summed E-state index contributed by atoms with van der Waals surface area (Å²) in [5.74, 6) is 0. The Morgan fingerprint density at radius 3 is 2.70 bits per heavy atom. The van der Waals surface area contributed by atoms with Gasteiger partial charge in [-0.2, -0.15) is 5.10 Å². The fraction of sp³-hybridized carbons (Fsp3) is 0.786. The fourth-order valence-electron chi connectivity index (χ4n) is 2.12. The van der Waals surface area contributed by atoms with Gasteiger partial charge in [0, 0.05) is 31.3 Å². The average molecular weight is 289 g/mol. The zero-order valence-electron chi connectivity index (χ0n) is 12.5. The number of nitrogens with one attached hydrogen (secondary N) is 1. The first-order valence-electron chi connectivity index (χ1n) is 7.19. The zero-order valence-corrected chi connectivity index (χ0v) is 12.5. The highest BCUT2D eigenvalue weighted by atomic mass is 19.3. The highest BCUT2D eigenvalue weighted by molar-refractivity contribution is 5.12. The Hall–Kier alpha value is -1.01. The summed E-state index contributed by atoms with van der Waals surface area (Å²) in [5, 5.41) is 7.72. The van der Waals surface area contributed by atoms with Crippen LogP contribution in [0.5, 0.6) is 0 Å². The standard InChI is InChI=1S/C14H25F2N3O/c1-4-11-8-13(19(5-2)18-11)9-12(17-3)6-7-20-10-14(15)16/h8,12,14,17H,4-7,9-10H2,1-3H3. The normalized spacial score (nSPS) is 13.1. The van der Waals surface area contributed by atoms with Gasteiger partial charge in [0.25, 0.3) is 6.43 Å². The Kier molecular flexibility index (Phi) is 7.69. The number of hydrogen-bond donors (Lipinski definition) is 1. The molecule has 6 heteroatoms. The summed E-state index contributed by atoms with van der Waals surface area (Å²) in [6.45, 7) is 4.85. The quantitative estimate of drug-likeness (QED) is 0.672. The van der Waals surface area contributed by atoms with Crippen LogP contribution in [0.3, 0.4) is 0 Å². The molecule has 0 radical (unpaired) electrons. The van der Waals surface area contributed by atoms with Gasteiger partial charge in [-0.15, -0.1) is 0 Å². The molecule has 1 aromatic heterocycles. The van der Waals surface area contributed by atoms with Gasteiger partial charge in [0.05, 0.1) is 5.69 Å². The number of likely N-dealkylation sites (N-methyl/N-ethyl adjacent to an activating group) is 1. The molecule has 0 bridgehead atoms. The van der Waals surface area contributed by atoms with Crippen molar-refractivity contribution < 1.29 is 13.5 Å². The van der Waals surface area contributed by atoms with Crippen molar-refractivity contribution >= 4 is 0 Å². The summed E-state index contributed by atoms with van der Waals surface area (Å²) >= 11 is 0. The van der Waals surface area contributed by atoms with Crippen LogP contribution in [0.25, 0.3) is 0 Å². The molecule has 0 saturated heterocycles. The molecule has 1 heterocycles. The van der Waals surface area contributed by atoms with Gasteiger partial charge in [0.2, 0.25) is 0 Å². The molecule has 1 atom stereocenters. The lowest BCUT2D eigenvalue weighted by Crippen LogP contribution is -2.30. The van der Waals surface area contributed by atoms with Crippen LogP contribution in [0, 0.1) is 0 Å². The molecule has 0 aliphatic heterocycles. The molecule has 0 spiro atoms. The molecule has 1 N–H and O–H groups in total. The Morgan fingerprint density at radius 2 is 2.15 bits per heavy atom. The Morgan fingerprint density at radius 1 is 1.40 bits per heavy atom. The first-order valence-corrected chi connectivity index (χ1v) is 7.19. The Labute approximate surface area is 119 Å². The van der Waals surface area contributed by atoms with Crippen LogP contribution in [0.15, 0.2) is 6.07 Å². The minimum absolute atomic E-state index is 0.208. The minimum Gasteiger partial charge on any atom is -0.375 e. The van der Waals surface area contributed by atoms with Gasteiger partial charge in [-0.1, -0.05) is 6.92 Å². The summed E-state index contributed by atoms with van der Waals surface area (Å²) < 4.78 is 30.9. The van der Waals surface area contributed by atoms with Crippen molar-refractivity contribution in [3.05, 3.63) is 17.5 Å². The van der Waals surface area contributed by atoms with Gasteiger partial charge < -0.3 is 10.1 Å². The van der Waals surface area contributed by atoms with E-state index in [-0.39, 0.29) is 6.04 Å². The molecular weight excluding hydrogens is 264 g/mol. The molecule has 4 nitrogen and oxygen atoms in total. The van der Waals surface area contributed by atoms with E-state index >= 15 is 0 Å². The third-order valence-corrected chi connectivity index (χ3v) is 3.29. The van der Waals surface area contributed by atoms with E-state index in [2.05, 4.69) is 30.3 Å². The first-order chi connectivity index (χ1) is 9.60. The van der Waals surface area contributed by atoms with E-state index in [0.717, 1.165) is 25.1 Å². The third-order valence-electron chi connectivity index (χ3n) is 3.29. The predicted octanol–water partition coefficient (Wildman–Crippen LogP) is 2.27. The maximum Gasteiger partial charge on any atom is 0.261 e. The highest BCUT2D eigenvalue weighted by Gasteiger charge is 2.13. The lowest BCUT2D eigenvalue weighted by Gasteiger charge is -2.16. The number of ether oxygens (including phenoxy) is 1. The van der Waals surface area contributed by atoms with Crippen LogP contribution in [0.1, 0.15) is 31.7 Å². The summed E-state index contributed by atoms with van der Waals surface area (Å²) in [5.41, 5.74) is 2.27. The van der Waals surface area contributed by atoms with Crippen LogP contribution < -0.4 is 5.32 Å². The van der Waals surface area contributed by atoms with E-state index in [4.69, 9.17) is 4.74 Å². The third kappa shape index (κ3) is 5.54. The van der Waals surface area contributed by atoms with Crippen LogP contribution in [-0.4, -0.2) is 42.5 Å². The van der Waals surface area contributed by atoms with E-state index in [1.807, 2.05) is 11.7 Å². The minimum atomic E-state index is -2.39. The van der Waals surface area contributed by atoms with Gasteiger partial charge >= 0.3 is 0 Å². The molecule has 0 amide bonds. The number of aromatic nitrogens is 2. The van der Waals surface area contributed by atoms with Crippen molar-refractivity contribution in [2.24, 2.45) is 0 Å². The van der Waals surface area contributed by atoms with Gasteiger partial charge in [-0.25, -0.2) is 8.78 Å². The fourth-order valence-corrected chi connectivity index (χ4v) is 2.12. The van der Waals surface area contributed by atoms with E-state index in [0.29, 0.717) is 13.0 Å². The lowest BCUT2D eigenvalue weighted by atomic mass is 10.1. The second kappa shape index (κ2) is 9.02. The van der Waals surface area contributed by atoms with E-state index in [9.17, 15) is 8.78 Å². The van der Waals surface area contributed by atoms with Crippen molar-refractivity contribution in [1.82, 2.24) is 15.1 Å². The van der Waals surface area contributed by atoms with Crippen molar-refractivity contribution in [3.8, 4) is 0 Å². The van der Waals surface area contributed by atoms with E-state index in [1.165, 1.54) is 5.69 Å². The van der Waals surface area contributed by atoms with Crippen LogP contribution in [-0.2, 0) is 24.1 Å². The highest BCUT2D eigenvalue weighted by Crippen LogP contribution is 2.10. The average Bonchev–Trinajstić information content (AvgIpc) is 2.84. The molecule has 20 heavy (non-hydrogen) atoms. The Bertz CT molecular complexity index is 382. The van der Waals surface area contributed by atoms with Crippen LogP contribution >= 0.6 is 0 Å². The molecule has 1 aromatic rings. The zero-order chi connectivity index (χ0) is 15.0.